The van der Waals surface area contributed by atoms with Crippen LogP contribution in [0.1, 0.15) is 48.8 Å². The summed E-state index contributed by atoms with van der Waals surface area (Å²) in [4.78, 5) is 59.2. The molecule has 14 heteroatoms. The van der Waals surface area contributed by atoms with Gasteiger partial charge in [-0.25, -0.2) is 0 Å². The number of carboxylic acids is 1. The standard InChI is InChI=1S/C39H32N4O5S5/c1-3-40-35(47)33(53-39(40)49)38-41(20-22-8-5-4-6-9-22)36(48)32(52-38)37-42(21-31(44)45)34(46)30(51-37)19-23-12-17-29-27(18-23)26-10-7-11-28(26)43(29)24-13-15-25(50-2)16-14-24/h2,4-6,8-9,12-19,26,28H,3,7,10-11,20-21H2,1H3,(H,44,45)/b30-19-,37-32+,38-33+. The van der Waals surface area contributed by atoms with E-state index in [0.29, 0.717) is 36.9 Å². The van der Waals surface area contributed by atoms with Gasteiger partial charge in [0.1, 0.15) is 29.6 Å². The highest BCUT2D eigenvalue weighted by atomic mass is 32.2. The molecule has 268 valence electrons. The predicted octanol–water partition coefficient (Wildman–Crippen LogP) is 5.92. The Morgan fingerprint density at radius 3 is 2.45 bits per heavy atom. The van der Waals surface area contributed by atoms with Gasteiger partial charge in [-0.1, -0.05) is 66.8 Å². The van der Waals surface area contributed by atoms with Crippen molar-refractivity contribution < 1.29 is 14.7 Å². The number of thioether (sulfide) groups is 2. The minimum atomic E-state index is -1.21. The number of nitrogens with zero attached hydrogens (tertiary/aromatic N) is 4. The number of carbonyl (C=O) groups excluding carboxylic acids is 1. The molecule has 1 saturated carbocycles. The Kier molecular flexibility index (Phi) is 9.83. The maximum atomic E-state index is 14.3. The number of hydrogen-bond donors (Lipinski definition) is 1. The van der Waals surface area contributed by atoms with E-state index in [1.54, 1.807) is 6.08 Å². The van der Waals surface area contributed by atoms with Gasteiger partial charge in [0.05, 0.1) is 11.1 Å². The smallest absolute Gasteiger partial charge is 0.323 e. The zero-order chi connectivity index (χ0) is 37.0. The molecule has 0 bridgehead atoms. The quantitative estimate of drug-likeness (QED) is 0.152. The molecule has 0 spiro atoms. The Hall–Kier alpha value is -4.21. The molecule has 1 N–H and O–H groups in total. The first-order valence-corrected chi connectivity index (χ1v) is 20.8. The summed E-state index contributed by atoms with van der Waals surface area (Å²) in [5.74, 6) is -1.14. The third kappa shape index (κ3) is 6.43. The third-order valence-corrected chi connectivity index (χ3v) is 14.5. The second-order valence-corrected chi connectivity index (χ2v) is 17.3. The topological polar surface area (TPSA) is 105 Å². The Balaban J connectivity index is 1.31. The summed E-state index contributed by atoms with van der Waals surface area (Å²) in [5.41, 5.74) is 4.25. The minimum absolute atomic E-state index is 0.180. The maximum absolute atomic E-state index is 14.3. The van der Waals surface area contributed by atoms with E-state index in [2.05, 4.69) is 29.2 Å². The van der Waals surface area contributed by atoms with Crippen LogP contribution in [0.4, 0.5) is 11.4 Å². The van der Waals surface area contributed by atoms with E-state index < -0.39 is 23.6 Å². The van der Waals surface area contributed by atoms with Crippen molar-refractivity contribution in [2.45, 2.75) is 56.1 Å². The molecular formula is C39H32N4O5S5. The number of fused-ring (bicyclic) bond motifs is 3. The van der Waals surface area contributed by atoms with Crippen LogP contribution in [0, 0.1) is 15.5 Å². The lowest BCUT2D eigenvalue weighted by Crippen LogP contribution is -2.32. The van der Waals surface area contributed by atoms with Gasteiger partial charge in [0.15, 0.2) is 0 Å². The van der Waals surface area contributed by atoms with Crippen molar-refractivity contribution in [1.82, 2.24) is 14.0 Å². The molecule has 1 aliphatic carbocycles. The summed E-state index contributed by atoms with van der Waals surface area (Å²) < 4.78 is 4.25. The van der Waals surface area contributed by atoms with E-state index >= 15 is 0 Å². The van der Waals surface area contributed by atoms with Gasteiger partial charge in [0, 0.05) is 41.0 Å². The van der Waals surface area contributed by atoms with E-state index in [1.165, 1.54) is 26.8 Å². The monoisotopic (exact) mass is 796 g/mol. The van der Waals surface area contributed by atoms with Crippen molar-refractivity contribution >= 4 is 97.0 Å². The van der Waals surface area contributed by atoms with Gasteiger partial charge in [-0.15, -0.1) is 34.4 Å². The molecule has 3 aliphatic rings. The van der Waals surface area contributed by atoms with Crippen LogP contribution in [0.3, 0.4) is 0 Å². The molecule has 2 fully saturated rings. The fraction of sp³-hybridized carbons (Fsp3) is 0.231. The minimum Gasteiger partial charge on any atom is -0.480 e. The average Bonchev–Trinajstić information content (AvgIpc) is 3.95. The molecule has 2 radical (unpaired) electrons. The lowest BCUT2D eigenvalue weighted by atomic mass is 9.96. The summed E-state index contributed by atoms with van der Waals surface area (Å²) >= 11 is 10.0. The van der Waals surface area contributed by atoms with Gasteiger partial charge in [-0.3, -0.25) is 33.2 Å². The molecular weight excluding hydrogens is 765 g/mol. The molecule has 53 heavy (non-hydrogen) atoms. The molecule has 2 atom stereocenters. The second-order valence-electron chi connectivity index (χ2n) is 13.0. The van der Waals surface area contributed by atoms with Crippen molar-refractivity contribution in [3.8, 4) is 0 Å². The van der Waals surface area contributed by atoms with E-state index in [1.807, 2.05) is 55.5 Å². The van der Waals surface area contributed by atoms with Crippen molar-refractivity contribution in [1.29, 1.82) is 0 Å². The van der Waals surface area contributed by atoms with Gasteiger partial charge < -0.3 is 10.0 Å². The van der Waals surface area contributed by atoms with E-state index in [4.69, 9.17) is 18.5 Å². The molecule has 9 nitrogen and oxygen atoms in total. The van der Waals surface area contributed by atoms with Gasteiger partial charge in [0.25, 0.3) is 17.0 Å². The van der Waals surface area contributed by atoms with Crippen molar-refractivity contribution in [2.75, 3.05) is 11.4 Å². The lowest BCUT2D eigenvalue weighted by molar-refractivity contribution is -0.137. The maximum Gasteiger partial charge on any atom is 0.323 e. The van der Waals surface area contributed by atoms with Crippen molar-refractivity contribution in [2.24, 2.45) is 0 Å². The molecule has 2 aromatic heterocycles. The first kappa shape index (κ1) is 35.8. The number of thiazole rings is 2. The number of carbonyl (C=O) groups is 2. The Morgan fingerprint density at radius 2 is 1.75 bits per heavy atom. The number of amides is 1. The fourth-order valence-electron chi connectivity index (χ4n) is 7.53. The Labute approximate surface area is 326 Å². The summed E-state index contributed by atoms with van der Waals surface area (Å²) in [6.45, 7) is 1.79. The normalized spacial score (nSPS) is 20.1. The Morgan fingerprint density at radius 1 is 0.981 bits per heavy atom. The van der Waals surface area contributed by atoms with Crippen LogP contribution in [0.2, 0.25) is 0 Å². The molecule has 8 rings (SSSR count). The summed E-state index contributed by atoms with van der Waals surface area (Å²) in [5, 5.41) is 9.89. The van der Waals surface area contributed by atoms with Crippen LogP contribution in [-0.2, 0) is 22.7 Å². The number of hydrogen-bond acceptors (Lipinski definition) is 10. The molecule has 1 saturated heterocycles. The Bertz CT molecular complexity index is 2650. The number of carboxylic acid groups (broad SMARTS) is 1. The van der Waals surface area contributed by atoms with Crippen molar-refractivity contribution in [3.63, 3.8) is 0 Å². The van der Waals surface area contributed by atoms with E-state index in [0.717, 1.165) is 85.7 Å². The lowest BCUT2D eigenvalue weighted by Gasteiger charge is -2.27. The number of anilines is 2. The largest absolute Gasteiger partial charge is 0.480 e. The molecule has 2 aliphatic heterocycles. The summed E-state index contributed by atoms with van der Waals surface area (Å²) in [6.07, 6.45) is 10.8. The second kappa shape index (κ2) is 14.6. The van der Waals surface area contributed by atoms with Crippen LogP contribution in [0.25, 0.3) is 11.0 Å². The van der Waals surface area contributed by atoms with E-state index in [9.17, 15) is 24.3 Å². The van der Waals surface area contributed by atoms with Gasteiger partial charge in [-0.2, -0.15) is 0 Å². The van der Waals surface area contributed by atoms with Crippen molar-refractivity contribution in [3.05, 3.63) is 135 Å². The molecule has 4 heterocycles. The van der Waals surface area contributed by atoms with Crippen LogP contribution in [-0.4, -0.2) is 47.9 Å². The number of thiocarbonyl (C=S) groups is 1. The molecule has 3 aromatic carbocycles. The zero-order valence-electron chi connectivity index (χ0n) is 28.4. The van der Waals surface area contributed by atoms with Gasteiger partial charge in [0.2, 0.25) is 0 Å². The highest BCUT2D eigenvalue weighted by Crippen LogP contribution is 2.52. The predicted molar refractivity (Wildman–Crippen MR) is 217 cm³/mol. The highest BCUT2D eigenvalue weighted by Gasteiger charge is 2.42. The third-order valence-electron chi connectivity index (χ3n) is 9.89. The van der Waals surface area contributed by atoms with E-state index in [-0.39, 0.29) is 21.6 Å². The van der Waals surface area contributed by atoms with Gasteiger partial charge >= 0.3 is 5.97 Å². The molecule has 5 aromatic rings. The van der Waals surface area contributed by atoms with Gasteiger partial charge in [-0.05, 0) is 78.9 Å². The van der Waals surface area contributed by atoms with Crippen LogP contribution < -0.4 is 25.2 Å². The highest BCUT2D eigenvalue weighted by molar-refractivity contribution is 8.30. The number of benzene rings is 3. The van der Waals surface area contributed by atoms with Crippen LogP contribution in [0.5, 0.6) is 0 Å². The summed E-state index contributed by atoms with van der Waals surface area (Å²) in [7, 11) is 0. The van der Waals surface area contributed by atoms with Crippen LogP contribution >= 0.6 is 58.4 Å². The fourth-order valence-corrected chi connectivity index (χ4v) is 11.7. The molecule has 2 unspecified atom stereocenters. The number of aliphatic carboxylic acids is 1. The average molecular weight is 797 g/mol. The first-order chi connectivity index (χ1) is 25.7. The number of rotatable bonds is 8. The van der Waals surface area contributed by atoms with Crippen LogP contribution in [0.15, 0.2) is 87.3 Å². The molecule has 1 amide bonds. The first-order valence-electron chi connectivity index (χ1n) is 17.1. The zero-order valence-corrected chi connectivity index (χ0v) is 32.5. The summed E-state index contributed by atoms with van der Waals surface area (Å²) in [6, 6.07) is 24.2. The SMILES string of the molecule is [CH]Sc1ccc(N2c3ccc(/C=c4\s/c(=c5/s/c(=C6/SC(=S)N(CC)C6=O)n(Cc6ccccc6)c5=O)n(CC(=O)O)c4=O)cc3C3CCCC32)cc1. The number of aromatic nitrogens is 2.